The number of nitrogens with one attached hydrogen (secondary N) is 1. The monoisotopic (exact) mass is 145 g/mol. The summed E-state index contributed by atoms with van der Waals surface area (Å²) in [7, 11) is 1.37. The molecule has 0 aromatic heterocycles. The lowest BCUT2D eigenvalue weighted by atomic mass is 10.2. The molecule has 60 valence electrons. The van der Waals surface area contributed by atoms with Gasteiger partial charge in [0.05, 0.1) is 7.11 Å². The van der Waals surface area contributed by atoms with Crippen LogP contribution in [-0.2, 0) is 4.74 Å². The standard InChI is InChI=1S/C7H15NO2/c1-4-5-6(2)8-7(9)10-3/h6H,4-5H2,1-3H3,(H,8,9). The van der Waals surface area contributed by atoms with Gasteiger partial charge in [-0.15, -0.1) is 0 Å². The van der Waals surface area contributed by atoms with Crippen LogP contribution in [0, 0.1) is 0 Å². The molecular weight excluding hydrogens is 130 g/mol. The maximum Gasteiger partial charge on any atom is 0.407 e. The molecule has 0 aliphatic carbocycles. The Morgan fingerprint density at radius 2 is 2.30 bits per heavy atom. The van der Waals surface area contributed by atoms with Gasteiger partial charge in [-0.1, -0.05) is 13.3 Å². The highest BCUT2D eigenvalue weighted by Crippen LogP contribution is 1.94. The van der Waals surface area contributed by atoms with E-state index in [1.165, 1.54) is 7.11 Å². The fourth-order valence-electron chi connectivity index (χ4n) is 0.765. The van der Waals surface area contributed by atoms with E-state index in [2.05, 4.69) is 17.0 Å². The average molecular weight is 145 g/mol. The molecule has 3 nitrogen and oxygen atoms in total. The van der Waals surface area contributed by atoms with Crippen molar-refractivity contribution in [3.05, 3.63) is 0 Å². The maximum absolute atomic E-state index is 10.6. The minimum Gasteiger partial charge on any atom is -0.453 e. The average Bonchev–Trinajstić information content (AvgIpc) is 1.88. The minimum absolute atomic E-state index is 0.220. The van der Waals surface area contributed by atoms with Crippen LogP contribution in [0.25, 0.3) is 0 Å². The second-order valence-corrected chi connectivity index (χ2v) is 2.33. The highest BCUT2D eigenvalue weighted by Gasteiger charge is 2.03. The third-order valence-electron chi connectivity index (χ3n) is 1.27. The quantitative estimate of drug-likeness (QED) is 0.654. The Hall–Kier alpha value is -0.730. The summed E-state index contributed by atoms with van der Waals surface area (Å²) in [5.74, 6) is 0. The van der Waals surface area contributed by atoms with E-state index < -0.39 is 0 Å². The molecule has 0 rings (SSSR count). The van der Waals surface area contributed by atoms with Gasteiger partial charge >= 0.3 is 6.09 Å². The smallest absolute Gasteiger partial charge is 0.407 e. The van der Waals surface area contributed by atoms with Crippen LogP contribution in [0.4, 0.5) is 4.79 Å². The molecule has 0 fully saturated rings. The third kappa shape index (κ3) is 4.18. The summed E-state index contributed by atoms with van der Waals surface area (Å²) < 4.78 is 4.42. The van der Waals surface area contributed by atoms with Crippen LogP contribution in [0.2, 0.25) is 0 Å². The summed E-state index contributed by atoms with van der Waals surface area (Å²) in [6, 6.07) is 0.220. The van der Waals surface area contributed by atoms with Crippen molar-refractivity contribution in [3.8, 4) is 0 Å². The number of hydrogen-bond acceptors (Lipinski definition) is 2. The van der Waals surface area contributed by atoms with Crippen molar-refractivity contribution < 1.29 is 9.53 Å². The first kappa shape index (κ1) is 9.27. The second kappa shape index (κ2) is 5.09. The lowest BCUT2D eigenvalue weighted by Crippen LogP contribution is -2.32. The van der Waals surface area contributed by atoms with Crippen molar-refractivity contribution in [2.24, 2.45) is 0 Å². The van der Waals surface area contributed by atoms with E-state index in [4.69, 9.17) is 0 Å². The summed E-state index contributed by atoms with van der Waals surface area (Å²) >= 11 is 0. The van der Waals surface area contributed by atoms with Crippen molar-refractivity contribution in [2.75, 3.05) is 7.11 Å². The Balaban J connectivity index is 3.37. The van der Waals surface area contributed by atoms with Gasteiger partial charge < -0.3 is 10.1 Å². The van der Waals surface area contributed by atoms with Crippen molar-refractivity contribution in [3.63, 3.8) is 0 Å². The van der Waals surface area contributed by atoms with Crippen molar-refractivity contribution >= 4 is 6.09 Å². The number of ether oxygens (including phenoxy) is 1. The van der Waals surface area contributed by atoms with E-state index in [0.29, 0.717) is 0 Å². The van der Waals surface area contributed by atoms with E-state index in [0.717, 1.165) is 12.8 Å². The van der Waals surface area contributed by atoms with Gasteiger partial charge in [0.15, 0.2) is 0 Å². The van der Waals surface area contributed by atoms with Crippen molar-refractivity contribution in [1.29, 1.82) is 0 Å². The molecule has 0 radical (unpaired) electrons. The van der Waals surface area contributed by atoms with Gasteiger partial charge in [0.1, 0.15) is 0 Å². The highest BCUT2D eigenvalue weighted by molar-refractivity contribution is 5.67. The molecule has 0 bridgehead atoms. The molecule has 0 heterocycles. The molecule has 0 aromatic rings. The molecule has 3 heteroatoms. The first-order valence-electron chi connectivity index (χ1n) is 3.55. The second-order valence-electron chi connectivity index (χ2n) is 2.33. The topological polar surface area (TPSA) is 38.3 Å². The SMILES string of the molecule is CCCC(C)NC(=O)OC. The van der Waals surface area contributed by atoms with Crippen LogP contribution >= 0.6 is 0 Å². The zero-order valence-electron chi connectivity index (χ0n) is 6.81. The Bertz CT molecular complexity index is 104. The summed E-state index contributed by atoms with van der Waals surface area (Å²) in [5.41, 5.74) is 0. The first-order valence-corrected chi connectivity index (χ1v) is 3.55. The summed E-state index contributed by atoms with van der Waals surface area (Å²) in [6.45, 7) is 4.04. The maximum atomic E-state index is 10.6. The number of carbonyl (C=O) groups excluding carboxylic acids is 1. The molecule has 1 N–H and O–H groups in total. The van der Waals surface area contributed by atoms with Gasteiger partial charge in [-0.3, -0.25) is 0 Å². The van der Waals surface area contributed by atoms with Crippen LogP contribution in [0.1, 0.15) is 26.7 Å². The Morgan fingerprint density at radius 1 is 1.70 bits per heavy atom. The molecule has 1 unspecified atom stereocenters. The fourth-order valence-corrected chi connectivity index (χ4v) is 0.765. The Labute approximate surface area is 61.8 Å². The lowest BCUT2D eigenvalue weighted by Gasteiger charge is -2.10. The number of alkyl carbamates (subject to hydrolysis) is 1. The Morgan fingerprint density at radius 3 is 2.70 bits per heavy atom. The Kier molecular flexibility index (Phi) is 4.72. The van der Waals surface area contributed by atoms with E-state index in [1.54, 1.807) is 0 Å². The predicted octanol–water partition coefficient (Wildman–Crippen LogP) is 1.53. The van der Waals surface area contributed by atoms with E-state index in [9.17, 15) is 4.79 Å². The van der Waals surface area contributed by atoms with Crippen LogP contribution in [0.15, 0.2) is 0 Å². The molecule has 0 spiro atoms. The summed E-state index contributed by atoms with van der Waals surface area (Å²) in [5, 5.41) is 2.67. The minimum atomic E-state index is -0.346. The zero-order chi connectivity index (χ0) is 7.98. The molecule has 1 amide bonds. The molecule has 0 aromatic carbocycles. The van der Waals surface area contributed by atoms with Gasteiger partial charge in [0, 0.05) is 6.04 Å². The lowest BCUT2D eigenvalue weighted by molar-refractivity contribution is 0.167. The van der Waals surface area contributed by atoms with Crippen LogP contribution in [-0.4, -0.2) is 19.2 Å². The largest absolute Gasteiger partial charge is 0.453 e. The molecule has 0 aliphatic heterocycles. The van der Waals surface area contributed by atoms with E-state index in [1.807, 2.05) is 6.92 Å². The molecule has 0 saturated carbocycles. The van der Waals surface area contributed by atoms with E-state index in [-0.39, 0.29) is 12.1 Å². The van der Waals surface area contributed by atoms with Gasteiger partial charge in [-0.05, 0) is 13.3 Å². The summed E-state index contributed by atoms with van der Waals surface area (Å²) in [6.07, 6.45) is 1.72. The van der Waals surface area contributed by atoms with E-state index >= 15 is 0 Å². The van der Waals surface area contributed by atoms with Crippen LogP contribution in [0.5, 0.6) is 0 Å². The molecular formula is C7H15NO2. The molecule has 1 atom stereocenters. The number of amides is 1. The molecule has 0 saturated heterocycles. The van der Waals surface area contributed by atoms with Gasteiger partial charge in [-0.2, -0.15) is 0 Å². The summed E-state index contributed by atoms with van der Waals surface area (Å²) in [4.78, 5) is 10.6. The van der Waals surface area contributed by atoms with Gasteiger partial charge in [-0.25, -0.2) is 4.79 Å². The van der Waals surface area contributed by atoms with Crippen LogP contribution < -0.4 is 5.32 Å². The predicted molar refractivity (Wildman–Crippen MR) is 39.9 cm³/mol. The number of rotatable bonds is 3. The van der Waals surface area contributed by atoms with Crippen molar-refractivity contribution in [1.82, 2.24) is 5.32 Å². The first-order chi connectivity index (χ1) is 4.70. The van der Waals surface area contributed by atoms with Gasteiger partial charge in [0.25, 0.3) is 0 Å². The van der Waals surface area contributed by atoms with Gasteiger partial charge in [0.2, 0.25) is 0 Å². The van der Waals surface area contributed by atoms with Crippen LogP contribution in [0.3, 0.4) is 0 Å². The zero-order valence-corrected chi connectivity index (χ0v) is 6.81. The van der Waals surface area contributed by atoms with Crippen molar-refractivity contribution in [2.45, 2.75) is 32.7 Å². The number of methoxy groups -OCH3 is 1. The number of carbonyl (C=O) groups is 1. The third-order valence-corrected chi connectivity index (χ3v) is 1.27. The number of hydrogen-bond donors (Lipinski definition) is 1. The normalized spacial score (nSPS) is 12.3. The molecule has 0 aliphatic rings. The molecule has 10 heavy (non-hydrogen) atoms. The fraction of sp³-hybridized carbons (Fsp3) is 0.857. The highest BCUT2D eigenvalue weighted by atomic mass is 16.5.